The number of carbonyl (C=O) groups is 3. The van der Waals surface area contributed by atoms with Crippen molar-refractivity contribution in [3.63, 3.8) is 0 Å². The van der Waals surface area contributed by atoms with E-state index < -0.39 is 23.7 Å². The highest BCUT2D eigenvalue weighted by Crippen LogP contribution is 2.30. The SMILES string of the molecule is CCc1ccc(N(C(=O)CCC(=O)Nc2nccs2)[C@H](C(=O)NC(C)C)c2ccc(F)cc2)cc1. The van der Waals surface area contributed by atoms with Gasteiger partial charge in [-0.1, -0.05) is 31.2 Å². The van der Waals surface area contributed by atoms with E-state index in [1.54, 1.807) is 23.7 Å². The third kappa shape index (κ3) is 7.19. The molecule has 1 heterocycles. The van der Waals surface area contributed by atoms with Crippen molar-refractivity contribution in [1.29, 1.82) is 0 Å². The van der Waals surface area contributed by atoms with E-state index in [9.17, 15) is 18.8 Å². The van der Waals surface area contributed by atoms with E-state index in [0.29, 0.717) is 16.4 Å². The van der Waals surface area contributed by atoms with E-state index in [-0.39, 0.29) is 24.8 Å². The fourth-order valence-electron chi connectivity index (χ4n) is 3.56. The lowest BCUT2D eigenvalue weighted by atomic mass is 10.0. The Morgan fingerprint density at radius 3 is 2.29 bits per heavy atom. The van der Waals surface area contributed by atoms with Crippen molar-refractivity contribution in [3.05, 3.63) is 77.1 Å². The van der Waals surface area contributed by atoms with Crippen molar-refractivity contribution in [2.75, 3.05) is 10.2 Å². The Morgan fingerprint density at radius 2 is 1.71 bits per heavy atom. The number of anilines is 2. The van der Waals surface area contributed by atoms with Crippen LogP contribution in [0.4, 0.5) is 15.2 Å². The fraction of sp³-hybridized carbons (Fsp3) is 0.308. The lowest BCUT2D eigenvalue weighted by molar-refractivity contribution is -0.127. The number of benzene rings is 2. The first kappa shape index (κ1) is 26.0. The Balaban J connectivity index is 1.94. The highest BCUT2D eigenvalue weighted by Gasteiger charge is 2.33. The molecule has 35 heavy (non-hydrogen) atoms. The predicted molar refractivity (Wildman–Crippen MR) is 136 cm³/mol. The zero-order valence-corrected chi connectivity index (χ0v) is 20.8. The minimum atomic E-state index is -1.04. The molecule has 0 saturated carbocycles. The second-order valence-corrected chi connectivity index (χ2v) is 9.18. The molecule has 2 N–H and O–H groups in total. The topological polar surface area (TPSA) is 91.4 Å². The van der Waals surface area contributed by atoms with E-state index >= 15 is 0 Å². The Bertz CT molecular complexity index is 1130. The summed E-state index contributed by atoms with van der Waals surface area (Å²) in [5, 5.41) is 7.72. The molecule has 3 aromatic rings. The molecular formula is C26H29FN4O3S. The molecular weight excluding hydrogens is 467 g/mol. The maximum Gasteiger partial charge on any atom is 0.248 e. The smallest absolute Gasteiger partial charge is 0.248 e. The van der Waals surface area contributed by atoms with Gasteiger partial charge in [0, 0.05) is 36.1 Å². The van der Waals surface area contributed by atoms with Crippen LogP contribution in [-0.2, 0) is 20.8 Å². The average molecular weight is 497 g/mol. The van der Waals surface area contributed by atoms with E-state index in [1.807, 2.05) is 32.9 Å². The zero-order chi connectivity index (χ0) is 25.4. The molecule has 0 aliphatic carbocycles. The van der Waals surface area contributed by atoms with Crippen molar-refractivity contribution in [1.82, 2.24) is 10.3 Å². The Hall–Kier alpha value is -3.59. The predicted octanol–water partition coefficient (Wildman–Crippen LogP) is 4.86. The van der Waals surface area contributed by atoms with Gasteiger partial charge in [0.05, 0.1) is 0 Å². The summed E-state index contributed by atoms with van der Waals surface area (Å²) in [5.41, 5.74) is 2.06. The van der Waals surface area contributed by atoms with Gasteiger partial charge < -0.3 is 10.6 Å². The van der Waals surface area contributed by atoms with Crippen molar-refractivity contribution in [3.8, 4) is 0 Å². The maximum absolute atomic E-state index is 13.7. The number of carbonyl (C=O) groups excluding carboxylic acids is 3. The summed E-state index contributed by atoms with van der Waals surface area (Å²) in [6, 6.07) is 11.7. The highest BCUT2D eigenvalue weighted by atomic mass is 32.1. The largest absolute Gasteiger partial charge is 0.352 e. The molecule has 0 fully saturated rings. The first-order valence-corrected chi connectivity index (χ1v) is 12.3. The van der Waals surface area contributed by atoms with Gasteiger partial charge in [-0.2, -0.15) is 0 Å². The van der Waals surface area contributed by atoms with Crippen LogP contribution in [-0.4, -0.2) is 28.7 Å². The summed E-state index contributed by atoms with van der Waals surface area (Å²) < 4.78 is 13.7. The van der Waals surface area contributed by atoms with Crippen molar-refractivity contribution in [2.24, 2.45) is 0 Å². The van der Waals surface area contributed by atoms with Gasteiger partial charge in [0.15, 0.2) is 5.13 Å². The number of nitrogens with zero attached hydrogens (tertiary/aromatic N) is 2. The molecule has 1 aromatic heterocycles. The molecule has 0 aliphatic heterocycles. The van der Waals surface area contributed by atoms with Gasteiger partial charge in [-0.3, -0.25) is 19.3 Å². The van der Waals surface area contributed by atoms with E-state index in [2.05, 4.69) is 15.6 Å². The average Bonchev–Trinajstić information content (AvgIpc) is 3.34. The number of halogens is 1. The van der Waals surface area contributed by atoms with Gasteiger partial charge in [0.1, 0.15) is 11.9 Å². The van der Waals surface area contributed by atoms with Crippen molar-refractivity contribution >= 4 is 39.9 Å². The number of hydrogen-bond donors (Lipinski definition) is 2. The number of thiazole rings is 1. The number of amides is 3. The van der Waals surface area contributed by atoms with Gasteiger partial charge in [-0.05, 0) is 55.7 Å². The number of aromatic nitrogens is 1. The van der Waals surface area contributed by atoms with Crippen LogP contribution in [0.3, 0.4) is 0 Å². The van der Waals surface area contributed by atoms with E-state index in [0.717, 1.165) is 12.0 Å². The van der Waals surface area contributed by atoms with Crippen LogP contribution in [0.15, 0.2) is 60.1 Å². The van der Waals surface area contributed by atoms with Crippen LogP contribution in [0.25, 0.3) is 0 Å². The van der Waals surface area contributed by atoms with Crippen LogP contribution in [0, 0.1) is 5.82 Å². The molecule has 2 aromatic carbocycles. The molecule has 1 atom stereocenters. The number of rotatable bonds is 10. The first-order chi connectivity index (χ1) is 16.8. The summed E-state index contributed by atoms with van der Waals surface area (Å²) in [6.45, 7) is 5.67. The Labute approximate surface area is 208 Å². The molecule has 0 aliphatic rings. The summed E-state index contributed by atoms with van der Waals surface area (Å²) in [4.78, 5) is 44.7. The zero-order valence-electron chi connectivity index (χ0n) is 20.0. The quantitative estimate of drug-likeness (QED) is 0.419. The standard InChI is InChI=1S/C26H29FN4O3S/c1-4-18-5-11-21(12-6-18)31(23(33)14-13-22(32)30-26-28-15-16-35-26)24(25(34)29-17(2)3)19-7-9-20(27)10-8-19/h5-12,15-17,24H,4,13-14H2,1-3H3,(H,29,34)(H,28,30,32)/t24-/m0/s1. The van der Waals surface area contributed by atoms with Gasteiger partial charge in [0.25, 0.3) is 0 Å². The number of aryl methyl sites for hydroxylation is 1. The second kappa shape index (κ2) is 12.2. The molecule has 0 radical (unpaired) electrons. The minimum Gasteiger partial charge on any atom is -0.352 e. The summed E-state index contributed by atoms with van der Waals surface area (Å²) >= 11 is 1.28. The van der Waals surface area contributed by atoms with Crippen LogP contribution in [0.1, 0.15) is 50.8 Å². The molecule has 9 heteroatoms. The normalized spacial score (nSPS) is 11.7. The van der Waals surface area contributed by atoms with Crippen LogP contribution in [0.2, 0.25) is 0 Å². The summed E-state index contributed by atoms with van der Waals surface area (Å²) in [6.07, 6.45) is 2.19. The van der Waals surface area contributed by atoms with Gasteiger partial charge in [-0.25, -0.2) is 9.37 Å². The molecule has 0 spiro atoms. The van der Waals surface area contributed by atoms with Gasteiger partial charge >= 0.3 is 0 Å². The maximum atomic E-state index is 13.7. The van der Waals surface area contributed by atoms with Gasteiger partial charge in [-0.15, -0.1) is 11.3 Å². The molecule has 3 amide bonds. The van der Waals surface area contributed by atoms with E-state index in [1.165, 1.54) is 40.5 Å². The number of hydrogen-bond acceptors (Lipinski definition) is 5. The third-order valence-corrected chi connectivity index (χ3v) is 5.95. The van der Waals surface area contributed by atoms with Crippen molar-refractivity contribution < 1.29 is 18.8 Å². The monoisotopic (exact) mass is 496 g/mol. The number of nitrogens with one attached hydrogen (secondary N) is 2. The van der Waals surface area contributed by atoms with E-state index in [4.69, 9.17) is 0 Å². The van der Waals surface area contributed by atoms with Crippen molar-refractivity contribution in [2.45, 2.75) is 52.1 Å². The molecule has 184 valence electrons. The molecule has 0 bridgehead atoms. The van der Waals surface area contributed by atoms with Crippen LogP contribution >= 0.6 is 11.3 Å². The van der Waals surface area contributed by atoms with Crippen LogP contribution < -0.4 is 15.5 Å². The second-order valence-electron chi connectivity index (χ2n) is 8.29. The lowest BCUT2D eigenvalue weighted by Crippen LogP contribution is -2.46. The Kier molecular flexibility index (Phi) is 9.08. The molecule has 7 nitrogen and oxygen atoms in total. The highest BCUT2D eigenvalue weighted by molar-refractivity contribution is 7.13. The molecule has 3 rings (SSSR count). The summed E-state index contributed by atoms with van der Waals surface area (Å²) in [5.74, 6) is -1.59. The first-order valence-electron chi connectivity index (χ1n) is 11.4. The minimum absolute atomic E-state index is 0.0795. The molecule has 0 unspecified atom stereocenters. The Morgan fingerprint density at radius 1 is 1.03 bits per heavy atom. The lowest BCUT2D eigenvalue weighted by Gasteiger charge is -2.32. The van der Waals surface area contributed by atoms with Crippen LogP contribution in [0.5, 0.6) is 0 Å². The van der Waals surface area contributed by atoms with Gasteiger partial charge in [0.2, 0.25) is 17.7 Å². The third-order valence-electron chi connectivity index (χ3n) is 5.26. The fourth-order valence-corrected chi connectivity index (χ4v) is 4.11. The molecule has 0 saturated heterocycles. The summed E-state index contributed by atoms with van der Waals surface area (Å²) in [7, 11) is 0.